The average Bonchev–Trinajstić information content (AvgIpc) is 2.26. The molecule has 0 amide bonds. The third-order valence-electron chi connectivity index (χ3n) is 4.40. The molecule has 0 heterocycles. The lowest BCUT2D eigenvalue weighted by Gasteiger charge is -2.48. The highest BCUT2D eigenvalue weighted by molar-refractivity contribution is 9.10. The highest BCUT2D eigenvalue weighted by Gasteiger charge is 2.38. The van der Waals surface area contributed by atoms with Gasteiger partial charge in [-0.15, -0.1) is 0 Å². The minimum atomic E-state index is -0.151. The quantitative estimate of drug-likeness (QED) is 0.886. The van der Waals surface area contributed by atoms with Crippen molar-refractivity contribution in [2.75, 3.05) is 20.6 Å². The summed E-state index contributed by atoms with van der Waals surface area (Å²) in [4.78, 5) is 2.30. The van der Waals surface area contributed by atoms with Gasteiger partial charge in [-0.25, -0.2) is 4.39 Å². The minimum Gasteiger partial charge on any atom is -0.308 e. The van der Waals surface area contributed by atoms with E-state index in [1.54, 1.807) is 0 Å². The van der Waals surface area contributed by atoms with E-state index in [-0.39, 0.29) is 17.4 Å². The van der Waals surface area contributed by atoms with Crippen molar-refractivity contribution >= 4 is 15.9 Å². The molecular formula is C15H22BrFN2. The maximum atomic E-state index is 13.9. The van der Waals surface area contributed by atoms with E-state index in [0.717, 1.165) is 16.6 Å². The molecule has 1 aliphatic carbocycles. The molecule has 1 N–H and O–H groups in total. The summed E-state index contributed by atoms with van der Waals surface area (Å²) in [5.41, 5.74) is 0.997. The van der Waals surface area contributed by atoms with Gasteiger partial charge in [0.2, 0.25) is 0 Å². The monoisotopic (exact) mass is 328 g/mol. The lowest BCUT2D eigenvalue weighted by Crippen LogP contribution is -2.56. The van der Waals surface area contributed by atoms with E-state index < -0.39 is 0 Å². The second kappa shape index (κ2) is 5.90. The first-order valence-electron chi connectivity index (χ1n) is 6.80. The van der Waals surface area contributed by atoms with Crippen LogP contribution in [-0.2, 0) is 0 Å². The summed E-state index contributed by atoms with van der Waals surface area (Å²) in [5.74, 6) is -0.151. The molecule has 0 aliphatic heterocycles. The van der Waals surface area contributed by atoms with Gasteiger partial charge in [0.1, 0.15) is 5.82 Å². The molecule has 106 valence electrons. The lowest BCUT2D eigenvalue weighted by molar-refractivity contribution is 0.0575. The molecule has 4 heteroatoms. The van der Waals surface area contributed by atoms with Crippen LogP contribution in [0.3, 0.4) is 0 Å². The molecule has 2 rings (SSSR count). The molecule has 1 aromatic carbocycles. The minimum absolute atomic E-state index is 0.0329. The fraction of sp³-hybridized carbons (Fsp3) is 0.600. The molecule has 1 fully saturated rings. The fourth-order valence-corrected chi connectivity index (χ4v) is 3.01. The Bertz CT molecular complexity index is 444. The van der Waals surface area contributed by atoms with Gasteiger partial charge in [-0.2, -0.15) is 0 Å². The topological polar surface area (TPSA) is 15.3 Å². The molecule has 0 bridgehead atoms. The molecule has 0 saturated heterocycles. The van der Waals surface area contributed by atoms with E-state index >= 15 is 0 Å². The zero-order valence-corrected chi connectivity index (χ0v) is 13.4. The Hall–Kier alpha value is -0.450. The van der Waals surface area contributed by atoms with Crippen molar-refractivity contribution in [2.45, 2.75) is 37.8 Å². The zero-order chi connectivity index (χ0) is 14.0. The van der Waals surface area contributed by atoms with Gasteiger partial charge in [0.05, 0.1) is 0 Å². The Kier molecular flexibility index (Phi) is 4.64. The van der Waals surface area contributed by atoms with Crippen LogP contribution in [-0.4, -0.2) is 31.1 Å². The van der Waals surface area contributed by atoms with Crippen molar-refractivity contribution in [1.82, 2.24) is 10.2 Å². The molecule has 19 heavy (non-hydrogen) atoms. The predicted octanol–water partition coefficient (Wildman–Crippen LogP) is 3.72. The Labute approximate surface area is 123 Å². The van der Waals surface area contributed by atoms with E-state index in [1.165, 1.54) is 25.3 Å². The zero-order valence-electron chi connectivity index (χ0n) is 11.8. The van der Waals surface area contributed by atoms with Gasteiger partial charge in [-0.3, -0.25) is 0 Å². The summed E-state index contributed by atoms with van der Waals surface area (Å²) >= 11 is 3.29. The third kappa shape index (κ3) is 3.18. The molecule has 1 unspecified atom stereocenters. The van der Waals surface area contributed by atoms with Crippen molar-refractivity contribution in [1.29, 1.82) is 0 Å². The predicted molar refractivity (Wildman–Crippen MR) is 80.8 cm³/mol. The highest BCUT2D eigenvalue weighted by atomic mass is 79.9. The molecule has 1 aliphatic rings. The largest absolute Gasteiger partial charge is 0.308 e. The normalized spacial score (nSPS) is 19.3. The number of rotatable bonds is 5. The summed E-state index contributed by atoms with van der Waals surface area (Å²) in [6.07, 6.45) is 3.74. The highest BCUT2D eigenvalue weighted by Crippen LogP contribution is 2.36. The summed E-state index contributed by atoms with van der Waals surface area (Å²) in [7, 11) is 4.26. The molecule has 0 aromatic heterocycles. The molecule has 0 radical (unpaired) electrons. The summed E-state index contributed by atoms with van der Waals surface area (Å²) in [5, 5.41) is 3.49. The SMILES string of the molecule is CC(NCC1(N(C)C)CCC1)c1ccc(Br)cc1F. The first-order chi connectivity index (χ1) is 8.94. The van der Waals surface area contributed by atoms with Crippen molar-refractivity contribution in [3.63, 3.8) is 0 Å². The Morgan fingerprint density at radius 2 is 2.11 bits per heavy atom. The first-order valence-corrected chi connectivity index (χ1v) is 7.60. The van der Waals surface area contributed by atoms with Gasteiger partial charge in [-0.05, 0) is 52.4 Å². The Morgan fingerprint density at radius 3 is 2.58 bits per heavy atom. The maximum Gasteiger partial charge on any atom is 0.129 e. The first kappa shape index (κ1) is 14.9. The van der Waals surface area contributed by atoms with Crippen molar-refractivity contribution < 1.29 is 4.39 Å². The maximum absolute atomic E-state index is 13.9. The number of nitrogens with one attached hydrogen (secondary N) is 1. The smallest absolute Gasteiger partial charge is 0.129 e. The van der Waals surface area contributed by atoms with Crippen molar-refractivity contribution in [3.05, 3.63) is 34.1 Å². The van der Waals surface area contributed by atoms with Gasteiger partial charge in [0, 0.05) is 28.2 Å². The standard InChI is InChI=1S/C15H22BrFN2/c1-11(13-6-5-12(16)9-14(13)17)18-10-15(19(2)3)7-4-8-15/h5-6,9,11,18H,4,7-8,10H2,1-3H3. The van der Waals surface area contributed by atoms with Crippen LogP contribution in [0.15, 0.2) is 22.7 Å². The Morgan fingerprint density at radius 1 is 1.42 bits per heavy atom. The number of halogens is 2. The van der Waals surface area contributed by atoms with Gasteiger partial charge >= 0.3 is 0 Å². The van der Waals surface area contributed by atoms with Gasteiger partial charge < -0.3 is 10.2 Å². The van der Waals surface area contributed by atoms with Gasteiger partial charge in [-0.1, -0.05) is 22.0 Å². The number of hydrogen-bond donors (Lipinski definition) is 1. The van der Waals surface area contributed by atoms with Crippen LogP contribution in [0.4, 0.5) is 4.39 Å². The molecule has 2 nitrogen and oxygen atoms in total. The number of likely N-dealkylation sites (N-methyl/N-ethyl adjacent to an activating group) is 1. The van der Waals surface area contributed by atoms with E-state index in [2.05, 4.69) is 40.2 Å². The average molecular weight is 329 g/mol. The number of nitrogens with zero attached hydrogens (tertiary/aromatic N) is 1. The molecule has 0 spiro atoms. The lowest BCUT2D eigenvalue weighted by atomic mass is 9.75. The van der Waals surface area contributed by atoms with Crippen molar-refractivity contribution in [3.8, 4) is 0 Å². The van der Waals surface area contributed by atoms with Crippen LogP contribution < -0.4 is 5.32 Å². The van der Waals surface area contributed by atoms with Crippen LogP contribution in [0, 0.1) is 5.82 Å². The second-order valence-electron chi connectivity index (χ2n) is 5.74. The van der Waals surface area contributed by atoms with Crippen LogP contribution in [0.2, 0.25) is 0 Å². The van der Waals surface area contributed by atoms with Gasteiger partial charge in [0.15, 0.2) is 0 Å². The summed E-state index contributed by atoms with van der Waals surface area (Å²) < 4.78 is 14.7. The molecule has 1 aromatic rings. The molecule has 1 atom stereocenters. The number of benzene rings is 1. The number of hydrogen-bond acceptors (Lipinski definition) is 2. The van der Waals surface area contributed by atoms with E-state index in [0.29, 0.717) is 0 Å². The third-order valence-corrected chi connectivity index (χ3v) is 4.89. The second-order valence-corrected chi connectivity index (χ2v) is 6.66. The molecular weight excluding hydrogens is 307 g/mol. The van der Waals surface area contributed by atoms with Crippen LogP contribution in [0.5, 0.6) is 0 Å². The van der Waals surface area contributed by atoms with Gasteiger partial charge in [0.25, 0.3) is 0 Å². The van der Waals surface area contributed by atoms with Crippen LogP contribution in [0.25, 0.3) is 0 Å². The van der Waals surface area contributed by atoms with E-state index in [4.69, 9.17) is 0 Å². The van der Waals surface area contributed by atoms with Crippen LogP contribution >= 0.6 is 15.9 Å². The van der Waals surface area contributed by atoms with Crippen molar-refractivity contribution in [2.24, 2.45) is 0 Å². The Balaban J connectivity index is 1.99. The summed E-state index contributed by atoms with van der Waals surface area (Å²) in [6.45, 7) is 2.94. The molecule has 1 saturated carbocycles. The fourth-order valence-electron chi connectivity index (χ4n) is 2.67. The summed E-state index contributed by atoms with van der Waals surface area (Å²) in [6, 6.07) is 5.30. The van der Waals surface area contributed by atoms with Crippen LogP contribution in [0.1, 0.15) is 37.8 Å². The van der Waals surface area contributed by atoms with E-state index in [1.807, 2.05) is 19.1 Å². The van der Waals surface area contributed by atoms with E-state index in [9.17, 15) is 4.39 Å².